The molecule has 0 aliphatic carbocycles. The topological polar surface area (TPSA) is 79.8 Å². The van der Waals surface area contributed by atoms with E-state index in [1.807, 2.05) is 49.4 Å². The molecule has 0 fully saturated rings. The number of benzene rings is 1. The highest BCUT2D eigenvalue weighted by Gasteiger charge is 2.09. The fraction of sp³-hybridized carbons (Fsp3) is 0.158. The summed E-state index contributed by atoms with van der Waals surface area (Å²) < 4.78 is 0. The lowest BCUT2D eigenvalue weighted by molar-refractivity contribution is 0.0950. The Labute approximate surface area is 146 Å². The Hall–Kier alpha value is -3.28. The summed E-state index contributed by atoms with van der Waals surface area (Å²) in [4.78, 5) is 24.5. The molecule has 0 saturated heterocycles. The van der Waals surface area contributed by atoms with E-state index in [0.29, 0.717) is 18.1 Å². The zero-order chi connectivity index (χ0) is 17.5. The molecular formula is C19H19N5O. The van der Waals surface area contributed by atoms with Crippen LogP contribution in [0.5, 0.6) is 0 Å². The van der Waals surface area contributed by atoms with E-state index in [1.54, 1.807) is 12.4 Å². The Bertz CT molecular complexity index is 806. The van der Waals surface area contributed by atoms with Crippen LogP contribution >= 0.6 is 0 Å². The van der Waals surface area contributed by atoms with E-state index in [-0.39, 0.29) is 11.9 Å². The molecule has 3 aromatic rings. The number of amides is 1. The molecule has 0 aliphatic rings. The van der Waals surface area contributed by atoms with Crippen molar-refractivity contribution in [2.75, 3.05) is 5.32 Å². The Morgan fingerprint density at radius 2 is 1.72 bits per heavy atom. The standard InChI is InChI=1S/C19H19N5O/c1-14(16-5-3-2-4-6-16)24-19-22-12-17(13-23-19)18(25)21-11-15-7-9-20-10-8-15/h2-10,12-14H,11H2,1H3,(H,21,25)(H,22,23,24). The summed E-state index contributed by atoms with van der Waals surface area (Å²) >= 11 is 0. The molecule has 25 heavy (non-hydrogen) atoms. The van der Waals surface area contributed by atoms with E-state index >= 15 is 0 Å². The third-order valence-corrected chi connectivity index (χ3v) is 3.76. The zero-order valence-electron chi connectivity index (χ0n) is 13.9. The number of nitrogens with one attached hydrogen (secondary N) is 2. The second-order valence-electron chi connectivity index (χ2n) is 5.61. The van der Waals surface area contributed by atoms with Gasteiger partial charge in [-0.3, -0.25) is 9.78 Å². The number of nitrogens with zero attached hydrogens (tertiary/aromatic N) is 3. The van der Waals surface area contributed by atoms with Crippen LogP contribution in [-0.4, -0.2) is 20.9 Å². The molecule has 2 N–H and O–H groups in total. The van der Waals surface area contributed by atoms with Crippen LogP contribution < -0.4 is 10.6 Å². The van der Waals surface area contributed by atoms with Crippen molar-refractivity contribution in [1.29, 1.82) is 0 Å². The summed E-state index contributed by atoms with van der Waals surface area (Å²) in [5, 5.41) is 6.06. The number of rotatable bonds is 6. The fourth-order valence-corrected chi connectivity index (χ4v) is 2.32. The first-order valence-corrected chi connectivity index (χ1v) is 8.03. The Kier molecular flexibility index (Phi) is 5.31. The average Bonchev–Trinajstić information content (AvgIpc) is 2.68. The van der Waals surface area contributed by atoms with Crippen LogP contribution in [0.3, 0.4) is 0 Å². The lowest BCUT2D eigenvalue weighted by Crippen LogP contribution is -2.23. The molecule has 0 radical (unpaired) electrons. The number of anilines is 1. The summed E-state index contributed by atoms with van der Waals surface area (Å²) in [5.74, 6) is 0.279. The predicted octanol–water partition coefficient (Wildman–Crippen LogP) is 2.97. The smallest absolute Gasteiger partial charge is 0.254 e. The molecule has 126 valence electrons. The molecule has 1 unspecified atom stereocenters. The predicted molar refractivity (Wildman–Crippen MR) is 95.9 cm³/mol. The number of carbonyl (C=O) groups excluding carboxylic acids is 1. The van der Waals surface area contributed by atoms with Crippen LogP contribution in [0.15, 0.2) is 67.3 Å². The third kappa shape index (κ3) is 4.60. The third-order valence-electron chi connectivity index (χ3n) is 3.76. The van der Waals surface area contributed by atoms with Crippen LogP contribution in [0.2, 0.25) is 0 Å². The minimum atomic E-state index is -0.209. The highest BCUT2D eigenvalue weighted by molar-refractivity contribution is 5.93. The second-order valence-corrected chi connectivity index (χ2v) is 5.61. The lowest BCUT2D eigenvalue weighted by Gasteiger charge is -2.14. The van der Waals surface area contributed by atoms with Gasteiger partial charge in [0.15, 0.2) is 0 Å². The number of pyridine rings is 1. The molecular weight excluding hydrogens is 314 g/mol. The summed E-state index contributed by atoms with van der Waals surface area (Å²) in [7, 11) is 0. The maximum absolute atomic E-state index is 12.1. The molecule has 1 atom stereocenters. The molecule has 0 bridgehead atoms. The van der Waals surface area contributed by atoms with Gasteiger partial charge in [0.05, 0.1) is 11.6 Å². The van der Waals surface area contributed by atoms with Crippen molar-refractivity contribution in [3.8, 4) is 0 Å². The Morgan fingerprint density at radius 1 is 1.04 bits per heavy atom. The molecule has 2 heterocycles. The SMILES string of the molecule is CC(Nc1ncc(C(=O)NCc2ccncc2)cn1)c1ccccc1. The van der Waals surface area contributed by atoms with Crippen LogP contribution in [0.1, 0.15) is 34.5 Å². The number of carbonyl (C=O) groups is 1. The quantitative estimate of drug-likeness (QED) is 0.725. The molecule has 1 aromatic carbocycles. The lowest BCUT2D eigenvalue weighted by atomic mass is 10.1. The molecule has 6 heteroatoms. The van der Waals surface area contributed by atoms with Gasteiger partial charge < -0.3 is 10.6 Å². The highest BCUT2D eigenvalue weighted by Crippen LogP contribution is 2.15. The molecule has 0 saturated carbocycles. The van der Waals surface area contributed by atoms with E-state index in [9.17, 15) is 4.79 Å². The molecule has 1 amide bonds. The Morgan fingerprint density at radius 3 is 2.40 bits per heavy atom. The van der Waals surface area contributed by atoms with Gasteiger partial charge in [0.2, 0.25) is 5.95 Å². The van der Waals surface area contributed by atoms with Crippen LogP contribution in [0.25, 0.3) is 0 Å². The maximum atomic E-state index is 12.1. The second kappa shape index (κ2) is 8.01. The fourth-order valence-electron chi connectivity index (χ4n) is 2.32. The van der Waals surface area contributed by atoms with E-state index in [2.05, 4.69) is 25.6 Å². The van der Waals surface area contributed by atoms with Crippen LogP contribution in [-0.2, 0) is 6.54 Å². The van der Waals surface area contributed by atoms with Crippen molar-refractivity contribution in [3.05, 3.63) is 83.9 Å². The number of hydrogen-bond donors (Lipinski definition) is 2. The van der Waals surface area contributed by atoms with Crippen molar-refractivity contribution in [3.63, 3.8) is 0 Å². The van der Waals surface area contributed by atoms with Gasteiger partial charge in [-0.25, -0.2) is 9.97 Å². The van der Waals surface area contributed by atoms with Gasteiger partial charge in [0.25, 0.3) is 5.91 Å². The van der Waals surface area contributed by atoms with Gasteiger partial charge in [-0.2, -0.15) is 0 Å². The average molecular weight is 333 g/mol. The minimum Gasteiger partial charge on any atom is -0.348 e. The monoisotopic (exact) mass is 333 g/mol. The highest BCUT2D eigenvalue weighted by atomic mass is 16.1. The maximum Gasteiger partial charge on any atom is 0.254 e. The van der Waals surface area contributed by atoms with Gasteiger partial charge in [-0.15, -0.1) is 0 Å². The van der Waals surface area contributed by atoms with Gasteiger partial charge in [0.1, 0.15) is 0 Å². The van der Waals surface area contributed by atoms with Gasteiger partial charge in [0, 0.05) is 31.3 Å². The summed E-state index contributed by atoms with van der Waals surface area (Å²) in [6, 6.07) is 13.8. The van der Waals surface area contributed by atoms with E-state index in [1.165, 1.54) is 12.4 Å². The first-order valence-electron chi connectivity index (χ1n) is 8.03. The van der Waals surface area contributed by atoms with E-state index in [0.717, 1.165) is 11.1 Å². The van der Waals surface area contributed by atoms with Crippen LogP contribution in [0.4, 0.5) is 5.95 Å². The van der Waals surface area contributed by atoms with E-state index in [4.69, 9.17) is 0 Å². The first-order chi connectivity index (χ1) is 12.2. The van der Waals surface area contributed by atoms with Crippen molar-refractivity contribution in [1.82, 2.24) is 20.3 Å². The van der Waals surface area contributed by atoms with Gasteiger partial charge in [-0.1, -0.05) is 30.3 Å². The first kappa shape index (κ1) is 16.6. The molecule has 2 aromatic heterocycles. The van der Waals surface area contributed by atoms with Crippen molar-refractivity contribution >= 4 is 11.9 Å². The molecule has 3 rings (SSSR count). The molecule has 0 spiro atoms. The number of hydrogen-bond acceptors (Lipinski definition) is 5. The normalized spacial score (nSPS) is 11.6. The molecule has 6 nitrogen and oxygen atoms in total. The number of aromatic nitrogens is 3. The van der Waals surface area contributed by atoms with Gasteiger partial charge in [-0.05, 0) is 30.2 Å². The zero-order valence-corrected chi connectivity index (χ0v) is 13.9. The van der Waals surface area contributed by atoms with Crippen molar-refractivity contribution < 1.29 is 4.79 Å². The summed E-state index contributed by atoms with van der Waals surface area (Å²) in [6.07, 6.45) is 6.43. The summed E-state index contributed by atoms with van der Waals surface area (Å²) in [6.45, 7) is 2.47. The van der Waals surface area contributed by atoms with Crippen molar-refractivity contribution in [2.24, 2.45) is 0 Å². The molecule has 0 aliphatic heterocycles. The van der Waals surface area contributed by atoms with E-state index < -0.39 is 0 Å². The summed E-state index contributed by atoms with van der Waals surface area (Å²) in [5.41, 5.74) is 2.55. The largest absolute Gasteiger partial charge is 0.348 e. The minimum absolute atomic E-state index is 0.0765. The Balaban J connectivity index is 1.57. The van der Waals surface area contributed by atoms with Gasteiger partial charge >= 0.3 is 0 Å². The van der Waals surface area contributed by atoms with Crippen molar-refractivity contribution in [2.45, 2.75) is 19.5 Å². The van der Waals surface area contributed by atoms with Crippen LogP contribution in [0, 0.1) is 0 Å².